The molecule has 0 amide bonds. The zero-order valence-electron chi connectivity index (χ0n) is 11.3. The largest absolute Gasteiger partial charge is 0.272 e. The van der Waals surface area contributed by atoms with E-state index in [-0.39, 0.29) is 15.8 Å². The number of halogens is 1. The molecule has 0 aliphatic carbocycles. The number of rotatable bonds is 5. The first-order valence-corrected chi connectivity index (χ1v) is 8.73. The molecule has 0 aliphatic heterocycles. The lowest BCUT2D eigenvalue weighted by molar-refractivity contribution is 0.602. The van der Waals surface area contributed by atoms with Crippen molar-refractivity contribution in [3.05, 3.63) is 65.4 Å². The highest BCUT2D eigenvalue weighted by Gasteiger charge is 2.16. The summed E-state index contributed by atoms with van der Waals surface area (Å²) in [6.45, 7) is 0.432. The SMILES string of the molecule is O=S(=O)(Nc1ccn(Cc2ccc(F)cc2)n1)c1cccs1. The Kier molecular flexibility index (Phi) is 3.95. The van der Waals surface area contributed by atoms with Gasteiger partial charge in [-0.2, -0.15) is 5.10 Å². The molecule has 0 aliphatic rings. The van der Waals surface area contributed by atoms with Crippen LogP contribution in [0.5, 0.6) is 0 Å². The summed E-state index contributed by atoms with van der Waals surface area (Å²) >= 11 is 1.14. The summed E-state index contributed by atoms with van der Waals surface area (Å²) in [6.07, 6.45) is 1.66. The van der Waals surface area contributed by atoms with Gasteiger partial charge in [-0.25, -0.2) is 12.8 Å². The lowest BCUT2D eigenvalue weighted by Gasteiger charge is -2.03. The molecule has 2 aromatic heterocycles. The van der Waals surface area contributed by atoms with Crippen LogP contribution < -0.4 is 4.72 Å². The molecule has 0 radical (unpaired) electrons. The van der Waals surface area contributed by atoms with Crippen molar-refractivity contribution in [1.29, 1.82) is 0 Å². The van der Waals surface area contributed by atoms with E-state index >= 15 is 0 Å². The first kappa shape index (κ1) is 14.7. The molecule has 2 heterocycles. The number of hydrogen-bond donors (Lipinski definition) is 1. The van der Waals surface area contributed by atoms with Gasteiger partial charge in [-0.05, 0) is 29.1 Å². The van der Waals surface area contributed by atoms with Crippen molar-refractivity contribution in [2.45, 2.75) is 10.8 Å². The maximum Gasteiger partial charge on any atom is 0.272 e. The van der Waals surface area contributed by atoms with E-state index in [1.54, 1.807) is 40.5 Å². The molecular formula is C14H12FN3O2S2. The van der Waals surface area contributed by atoms with Gasteiger partial charge in [0.15, 0.2) is 5.82 Å². The van der Waals surface area contributed by atoms with Crippen LogP contribution in [0.15, 0.2) is 58.3 Å². The van der Waals surface area contributed by atoms with Crippen LogP contribution in [-0.4, -0.2) is 18.2 Å². The predicted octanol–water partition coefficient (Wildman–Crippen LogP) is 2.93. The zero-order valence-corrected chi connectivity index (χ0v) is 12.9. The second-order valence-electron chi connectivity index (χ2n) is 4.56. The second kappa shape index (κ2) is 5.90. The number of aromatic nitrogens is 2. The van der Waals surface area contributed by atoms with Gasteiger partial charge in [0.1, 0.15) is 10.0 Å². The van der Waals surface area contributed by atoms with Crippen molar-refractivity contribution in [1.82, 2.24) is 9.78 Å². The van der Waals surface area contributed by atoms with Crippen molar-refractivity contribution in [2.75, 3.05) is 4.72 Å². The van der Waals surface area contributed by atoms with Gasteiger partial charge < -0.3 is 0 Å². The van der Waals surface area contributed by atoms with Crippen LogP contribution >= 0.6 is 11.3 Å². The highest BCUT2D eigenvalue weighted by Crippen LogP contribution is 2.19. The molecule has 5 nitrogen and oxygen atoms in total. The number of anilines is 1. The third-order valence-corrected chi connectivity index (χ3v) is 5.65. The van der Waals surface area contributed by atoms with Crippen molar-refractivity contribution in [2.24, 2.45) is 0 Å². The molecule has 0 saturated heterocycles. The lowest BCUT2D eigenvalue weighted by atomic mass is 10.2. The fourth-order valence-corrected chi connectivity index (χ4v) is 3.87. The monoisotopic (exact) mass is 337 g/mol. The topological polar surface area (TPSA) is 64.0 Å². The number of nitrogens with zero attached hydrogens (tertiary/aromatic N) is 2. The van der Waals surface area contributed by atoms with Crippen LogP contribution in [0.1, 0.15) is 5.56 Å². The molecule has 3 rings (SSSR count). The minimum absolute atomic E-state index is 0.237. The van der Waals surface area contributed by atoms with Crippen LogP contribution in [0.2, 0.25) is 0 Å². The van der Waals surface area contributed by atoms with Crippen LogP contribution in [0.25, 0.3) is 0 Å². The van der Waals surface area contributed by atoms with E-state index in [0.717, 1.165) is 16.9 Å². The van der Waals surface area contributed by atoms with Crippen molar-refractivity contribution in [3.8, 4) is 0 Å². The van der Waals surface area contributed by atoms with Gasteiger partial charge in [-0.1, -0.05) is 18.2 Å². The van der Waals surface area contributed by atoms with Crippen molar-refractivity contribution >= 4 is 27.2 Å². The van der Waals surface area contributed by atoms with Gasteiger partial charge >= 0.3 is 0 Å². The molecule has 1 aromatic carbocycles. The Hall–Kier alpha value is -2.19. The maximum atomic E-state index is 12.9. The third-order valence-electron chi connectivity index (χ3n) is 2.90. The van der Waals surface area contributed by atoms with E-state index < -0.39 is 10.0 Å². The molecule has 8 heteroatoms. The Balaban J connectivity index is 1.73. The standard InChI is InChI=1S/C14H12FN3O2S2/c15-12-5-3-11(4-6-12)10-18-8-7-13(16-18)17-22(19,20)14-2-1-9-21-14/h1-9H,10H2,(H,16,17). The first-order valence-electron chi connectivity index (χ1n) is 6.37. The summed E-state index contributed by atoms with van der Waals surface area (Å²) in [5.41, 5.74) is 0.872. The second-order valence-corrected chi connectivity index (χ2v) is 7.42. The Morgan fingerprint density at radius 1 is 1.18 bits per heavy atom. The number of nitrogens with one attached hydrogen (secondary N) is 1. The van der Waals surface area contributed by atoms with E-state index in [2.05, 4.69) is 9.82 Å². The molecule has 114 valence electrons. The maximum absolute atomic E-state index is 12.9. The van der Waals surface area contributed by atoms with Gasteiger partial charge in [0.05, 0.1) is 6.54 Å². The van der Waals surface area contributed by atoms with Crippen LogP contribution in [0.3, 0.4) is 0 Å². The van der Waals surface area contributed by atoms with Crippen molar-refractivity contribution < 1.29 is 12.8 Å². The Bertz CT molecular complexity index is 856. The molecule has 1 N–H and O–H groups in total. The van der Waals surface area contributed by atoms with Gasteiger partial charge in [-0.15, -0.1) is 11.3 Å². The van der Waals surface area contributed by atoms with E-state index in [0.29, 0.717) is 6.54 Å². The fraction of sp³-hybridized carbons (Fsp3) is 0.0714. The molecular weight excluding hydrogens is 325 g/mol. The van der Waals surface area contributed by atoms with Gasteiger partial charge in [-0.3, -0.25) is 9.40 Å². The summed E-state index contributed by atoms with van der Waals surface area (Å²) in [5.74, 6) is -0.0517. The number of thiophene rings is 1. The van der Waals surface area contributed by atoms with E-state index in [1.807, 2.05) is 0 Å². The highest BCUT2D eigenvalue weighted by molar-refractivity contribution is 7.94. The minimum Gasteiger partial charge on any atom is -0.266 e. The lowest BCUT2D eigenvalue weighted by Crippen LogP contribution is -2.12. The molecule has 0 spiro atoms. The normalized spacial score (nSPS) is 11.5. The molecule has 0 unspecified atom stereocenters. The molecule has 22 heavy (non-hydrogen) atoms. The molecule has 0 bridgehead atoms. The summed E-state index contributed by atoms with van der Waals surface area (Å²) in [5, 5.41) is 5.86. The number of benzene rings is 1. The zero-order chi connectivity index (χ0) is 15.6. The predicted molar refractivity (Wildman–Crippen MR) is 82.9 cm³/mol. The average Bonchev–Trinajstić information content (AvgIpc) is 3.13. The number of hydrogen-bond acceptors (Lipinski definition) is 4. The van der Waals surface area contributed by atoms with Crippen LogP contribution in [0, 0.1) is 5.82 Å². The Morgan fingerprint density at radius 2 is 1.95 bits per heavy atom. The quantitative estimate of drug-likeness (QED) is 0.778. The smallest absolute Gasteiger partial charge is 0.266 e. The van der Waals surface area contributed by atoms with Crippen molar-refractivity contribution in [3.63, 3.8) is 0 Å². The van der Waals surface area contributed by atoms with Gasteiger partial charge in [0.2, 0.25) is 0 Å². The van der Waals surface area contributed by atoms with Gasteiger partial charge in [0.25, 0.3) is 10.0 Å². The van der Waals surface area contributed by atoms with E-state index in [9.17, 15) is 12.8 Å². The molecule has 0 saturated carbocycles. The third kappa shape index (κ3) is 3.34. The van der Waals surface area contributed by atoms with E-state index in [1.165, 1.54) is 18.2 Å². The van der Waals surface area contributed by atoms with E-state index in [4.69, 9.17) is 0 Å². The minimum atomic E-state index is -3.59. The first-order chi connectivity index (χ1) is 10.5. The average molecular weight is 337 g/mol. The fourth-order valence-electron chi connectivity index (χ4n) is 1.89. The summed E-state index contributed by atoms with van der Waals surface area (Å²) in [4.78, 5) is 0. The molecule has 0 atom stereocenters. The molecule has 3 aromatic rings. The Labute approximate surface area is 131 Å². The summed E-state index contributed by atoms with van der Waals surface area (Å²) < 4.78 is 41.3. The Morgan fingerprint density at radius 3 is 2.64 bits per heavy atom. The molecule has 0 fully saturated rings. The van der Waals surface area contributed by atoms with Crippen LogP contribution in [0.4, 0.5) is 10.2 Å². The summed E-state index contributed by atoms with van der Waals surface area (Å²) in [7, 11) is -3.59. The summed E-state index contributed by atoms with van der Waals surface area (Å²) in [6, 6.07) is 10.8. The highest BCUT2D eigenvalue weighted by atomic mass is 32.2. The number of sulfonamides is 1. The van der Waals surface area contributed by atoms with Crippen LogP contribution in [-0.2, 0) is 16.6 Å². The van der Waals surface area contributed by atoms with Gasteiger partial charge in [0, 0.05) is 12.3 Å².